The fourth-order valence-corrected chi connectivity index (χ4v) is 3.38. The van der Waals surface area contributed by atoms with Crippen LogP contribution in [0.1, 0.15) is 38.0 Å². The third-order valence-electron chi connectivity index (χ3n) is 3.85. The number of amides is 1. The van der Waals surface area contributed by atoms with E-state index in [1.165, 1.54) is 4.88 Å². The van der Waals surface area contributed by atoms with Crippen LogP contribution in [0.15, 0.2) is 17.5 Å². The molecule has 19 heavy (non-hydrogen) atoms. The molecule has 0 bridgehead atoms. The van der Waals surface area contributed by atoms with Crippen molar-refractivity contribution in [1.29, 1.82) is 0 Å². The van der Waals surface area contributed by atoms with E-state index in [0.717, 1.165) is 38.9 Å². The number of carbonyl (C=O) groups excluding carboxylic acids is 1. The number of hydrogen-bond acceptors (Lipinski definition) is 3. The first kappa shape index (κ1) is 16.5. The maximum Gasteiger partial charge on any atom is 0.243 e. The van der Waals surface area contributed by atoms with Gasteiger partial charge in [0.2, 0.25) is 5.91 Å². The van der Waals surface area contributed by atoms with Crippen LogP contribution in [0.5, 0.6) is 0 Å². The molecule has 1 aliphatic rings. The lowest BCUT2D eigenvalue weighted by Crippen LogP contribution is -2.54. The highest BCUT2D eigenvalue weighted by Crippen LogP contribution is 2.26. The van der Waals surface area contributed by atoms with Crippen molar-refractivity contribution in [2.24, 2.45) is 0 Å². The molecule has 0 radical (unpaired) electrons. The van der Waals surface area contributed by atoms with Crippen molar-refractivity contribution < 1.29 is 4.79 Å². The Hall–Kier alpha value is -0.580. The van der Waals surface area contributed by atoms with E-state index < -0.39 is 0 Å². The van der Waals surface area contributed by atoms with Crippen LogP contribution in [0.4, 0.5) is 0 Å². The lowest BCUT2D eigenvalue weighted by atomic mass is 9.92. The summed E-state index contributed by atoms with van der Waals surface area (Å²) in [7, 11) is 0. The Labute approximate surface area is 125 Å². The lowest BCUT2D eigenvalue weighted by Gasteiger charge is -2.33. The Bertz CT molecular complexity index is 388. The van der Waals surface area contributed by atoms with E-state index >= 15 is 0 Å². The molecule has 0 spiro atoms. The van der Waals surface area contributed by atoms with Crippen LogP contribution in [0.3, 0.4) is 0 Å². The van der Waals surface area contributed by atoms with Crippen molar-refractivity contribution in [3.05, 3.63) is 22.4 Å². The SMILES string of the molecule is CCN(Cc1cccs1)C(=O)C1(CC)CCCN1.Cl. The van der Waals surface area contributed by atoms with E-state index in [1.807, 2.05) is 11.0 Å². The summed E-state index contributed by atoms with van der Waals surface area (Å²) in [5, 5.41) is 5.49. The molecule has 1 aromatic rings. The summed E-state index contributed by atoms with van der Waals surface area (Å²) in [5.74, 6) is 0.276. The van der Waals surface area contributed by atoms with Crippen molar-refractivity contribution in [2.45, 2.75) is 45.2 Å². The number of likely N-dealkylation sites (N-methyl/N-ethyl adjacent to an activating group) is 1. The third-order valence-corrected chi connectivity index (χ3v) is 4.71. The van der Waals surface area contributed by atoms with Crippen LogP contribution >= 0.6 is 23.7 Å². The second kappa shape index (κ2) is 7.27. The molecule has 0 saturated carbocycles. The summed E-state index contributed by atoms with van der Waals surface area (Å²) < 4.78 is 0. The van der Waals surface area contributed by atoms with Gasteiger partial charge in [0.05, 0.1) is 12.1 Å². The highest BCUT2D eigenvalue weighted by atomic mass is 35.5. The standard InChI is InChI=1S/C14H22N2OS.ClH/c1-3-14(8-6-9-15-14)13(17)16(4-2)11-12-7-5-10-18-12;/h5,7,10,15H,3-4,6,8-9,11H2,1-2H3;1H. The molecule has 1 unspecified atom stereocenters. The van der Waals surface area contributed by atoms with Gasteiger partial charge in [-0.15, -0.1) is 23.7 Å². The molecule has 2 heterocycles. The number of carbonyl (C=O) groups is 1. The second-order valence-corrected chi connectivity index (χ2v) is 5.90. The topological polar surface area (TPSA) is 32.3 Å². The first-order valence-electron chi connectivity index (χ1n) is 6.78. The third kappa shape index (κ3) is 3.50. The molecule has 0 aliphatic carbocycles. The molecule has 1 saturated heterocycles. The fourth-order valence-electron chi connectivity index (χ4n) is 2.66. The molecule has 108 valence electrons. The molecule has 1 atom stereocenters. The number of halogens is 1. The van der Waals surface area contributed by atoms with Crippen molar-refractivity contribution in [3.8, 4) is 0 Å². The summed E-state index contributed by atoms with van der Waals surface area (Å²) >= 11 is 1.72. The van der Waals surface area contributed by atoms with E-state index in [-0.39, 0.29) is 23.9 Å². The molecule has 1 amide bonds. The number of hydrogen-bond donors (Lipinski definition) is 1. The molecular weight excluding hydrogens is 280 g/mol. The van der Waals surface area contributed by atoms with E-state index in [1.54, 1.807) is 11.3 Å². The number of thiophene rings is 1. The minimum atomic E-state index is -0.298. The molecular formula is C14H23ClN2OS. The molecule has 5 heteroatoms. The van der Waals surface area contributed by atoms with E-state index in [9.17, 15) is 4.79 Å². The van der Waals surface area contributed by atoms with Gasteiger partial charge in [0, 0.05) is 11.4 Å². The zero-order valence-electron chi connectivity index (χ0n) is 11.6. The van der Waals surface area contributed by atoms with Crippen LogP contribution in [-0.2, 0) is 11.3 Å². The van der Waals surface area contributed by atoms with Crippen molar-refractivity contribution >= 4 is 29.7 Å². The number of nitrogens with one attached hydrogen (secondary N) is 1. The number of rotatable bonds is 5. The predicted molar refractivity (Wildman–Crippen MR) is 82.9 cm³/mol. The Balaban J connectivity index is 0.00000180. The summed E-state index contributed by atoms with van der Waals surface area (Å²) in [6.07, 6.45) is 2.96. The van der Waals surface area contributed by atoms with Crippen LogP contribution < -0.4 is 5.32 Å². The van der Waals surface area contributed by atoms with Crippen molar-refractivity contribution in [1.82, 2.24) is 10.2 Å². The van der Waals surface area contributed by atoms with Gasteiger partial charge in [-0.3, -0.25) is 4.79 Å². The minimum Gasteiger partial charge on any atom is -0.336 e. The average molecular weight is 303 g/mol. The van der Waals surface area contributed by atoms with Gasteiger partial charge >= 0.3 is 0 Å². The molecule has 1 N–H and O–H groups in total. The van der Waals surface area contributed by atoms with Crippen LogP contribution in [0.25, 0.3) is 0 Å². The maximum absolute atomic E-state index is 12.7. The Morgan fingerprint density at radius 1 is 1.53 bits per heavy atom. The zero-order chi connectivity index (χ0) is 13.0. The van der Waals surface area contributed by atoms with E-state index in [2.05, 4.69) is 30.6 Å². The van der Waals surface area contributed by atoms with Crippen molar-refractivity contribution in [3.63, 3.8) is 0 Å². The second-order valence-electron chi connectivity index (χ2n) is 4.86. The maximum atomic E-state index is 12.7. The van der Waals surface area contributed by atoms with E-state index in [0.29, 0.717) is 0 Å². The van der Waals surface area contributed by atoms with Gasteiger partial charge in [0.1, 0.15) is 0 Å². The minimum absolute atomic E-state index is 0. The molecule has 2 rings (SSSR count). The summed E-state index contributed by atoms with van der Waals surface area (Å²) in [6, 6.07) is 4.14. The van der Waals surface area contributed by atoms with Gasteiger partial charge in [-0.25, -0.2) is 0 Å². The molecule has 1 aromatic heterocycles. The van der Waals surface area contributed by atoms with Crippen molar-refractivity contribution in [2.75, 3.05) is 13.1 Å². The normalized spacial score (nSPS) is 22.0. The number of nitrogens with zero attached hydrogens (tertiary/aromatic N) is 1. The average Bonchev–Trinajstić information content (AvgIpc) is 3.06. The van der Waals surface area contributed by atoms with Crippen LogP contribution in [0.2, 0.25) is 0 Å². The van der Waals surface area contributed by atoms with Gasteiger partial charge in [-0.05, 0) is 44.2 Å². The Morgan fingerprint density at radius 2 is 2.32 bits per heavy atom. The van der Waals surface area contributed by atoms with Crippen LogP contribution in [0, 0.1) is 0 Å². The Kier molecular flexibility index (Phi) is 6.30. The van der Waals surface area contributed by atoms with E-state index in [4.69, 9.17) is 0 Å². The lowest BCUT2D eigenvalue weighted by molar-refractivity contribution is -0.138. The van der Waals surface area contributed by atoms with Gasteiger partial charge in [0.25, 0.3) is 0 Å². The Morgan fingerprint density at radius 3 is 2.79 bits per heavy atom. The molecule has 3 nitrogen and oxygen atoms in total. The quantitative estimate of drug-likeness (QED) is 0.906. The first-order chi connectivity index (χ1) is 8.72. The highest BCUT2D eigenvalue weighted by Gasteiger charge is 2.41. The molecule has 1 aliphatic heterocycles. The largest absolute Gasteiger partial charge is 0.336 e. The fraction of sp³-hybridized carbons (Fsp3) is 0.643. The predicted octanol–water partition coefficient (Wildman–Crippen LogP) is 3.05. The zero-order valence-corrected chi connectivity index (χ0v) is 13.3. The van der Waals surface area contributed by atoms with Gasteiger partial charge in [-0.2, -0.15) is 0 Å². The summed E-state index contributed by atoms with van der Waals surface area (Å²) in [6.45, 7) is 6.66. The van der Waals surface area contributed by atoms with Gasteiger partial charge in [-0.1, -0.05) is 13.0 Å². The monoisotopic (exact) mass is 302 g/mol. The highest BCUT2D eigenvalue weighted by molar-refractivity contribution is 7.09. The van der Waals surface area contributed by atoms with Crippen LogP contribution in [-0.4, -0.2) is 29.4 Å². The smallest absolute Gasteiger partial charge is 0.243 e. The van der Waals surface area contributed by atoms with Gasteiger partial charge in [0.15, 0.2) is 0 Å². The molecule has 1 fully saturated rings. The van der Waals surface area contributed by atoms with Gasteiger partial charge < -0.3 is 10.2 Å². The summed E-state index contributed by atoms with van der Waals surface area (Å²) in [4.78, 5) is 16.0. The first-order valence-corrected chi connectivity index (χ1v) is 7.66. The summed E-state index contributed by atoms with van der Waals surface area (Å²) in [5.41, 5.74) is -0.298. The molecule has 0 aromatic carbocycles.